The molecule has 1 amide bonds. The van der Waals surface area contributed by atoms with E-state index in [1.54, 1.807) is 47.1 Å². The second kappa shape index (κ2) is 6.54. The number of hydrogen-bond donors (Lipinski definition) is 1. The fourth-order valence-corrected chi connectivity index (χ4v) is 2.22. The highest BCUT2D eigenvalue weighted by atomic mass is 35.5. The minimum absolute atomic E-state index is 0.472. The number of nitrogens with one attached hydrogen (secondary N) is 1. The summed E-state index contributed by atoms with van der Waals surface area (Å²) < 4.78 is 6.85. The van der Waals surface area contributed by atoms with E-state index in [-0.39, 0.29) is 0 Å². The van der Waals surface area contributed by atoms with Gasteiger partial charge in [0.15, 0.2) is 0 Å². The molecule has 0 spiro atoms. The number of rotatable bonds is 3. The van der Waals surface area contributed by atoms with Crippen molar-refractivity contribution in [1.82, 2.24) is 9.78 Å². The quantitative estimate of drug-likeness (QED) is 0.773. The summed E-state index contributed by atoms with van der Waals surface area (Å²) in [5.41, 5.74) is 1.56. The van der Waals surface area contributed by atoms with E-state index in [4.69, 9.17) is 16.3 Å². The lowest BCUT2D eigenvalue weighted by Crippen LogP contribution is -2.19. The van der Waals surface area contributed by atoms with Gasteiger partial charge in [0.1, 0.15) is 11.6 Å². The van der Waals surface area contributed by atoms with E-state index in [0.29, 0.717) is 16.6 Å². The number of aryl methyl sites for hydroxylation is 1. The van der Waals surface area contributed by atoms with Gasteiger partial charge in [-0.15, -0.1) is 0 Å². The predicted octanol–water partition coefficient (Wildman–Crippen LogP) is 4.45. The number of hydrogen-bond acceptors (Lipinski definition) is 3. The average molecular weight is 328 g/mol. The third-order valence-electron chi connectivity index (χ3n) is 3.09. The molecule has 0 radical (unpaired) electrons. The Morgan fingerprint density at radius 1 is 1.13 bits per heavy atom. The third-order valence-corrected chi connectivity index (χ3v) is 3.34. The molecule has 2 aromatic carbocycles. The molecule has 3 rings (SSSR count). The predicted molar refractivity (Wildman–Crippen MR) is 89.4 cm³/mol. The van der Waals surface area contributed by atoms with Crippen molar-refractivity contribution in [2.24, 2.45) is 0 Å². The maximum atomic E-state index is 12.0. The van der Waals surface area contributed by atoms with Crippen molar-refractivity contribution < 1.29 is 9.53 Å². The summed E-state index contributed by atoms with van der Waals surface area (Å²) in [5, 5.41) is 7.71. The first kappa shape index (κ1) is 15.1. The normalized spacial score (nSPS) is 10.3. The second-order valence-corrected chi connectivity index (χ2v) is 5.32. The SMILES string of the molecule is Cc1cc(NC(=O)Oc2ccccc2)n(-c2ccc(Cl)cc2)n1. The fourth-order valence-electron chi connectivity index (χ4n) is 2.09. The molecule has 1 heterocycles. The van der Waals surface area contributed by atoms with Crippen LogP contribution in [0.1, 0.15) is 5.69 Å². The highest BCUT2D eigenvalue weighted by Crippen LogP contribution is 2.19. The largest absolute Gasteiger partial charge is 0.418 e. The monoisotopic (exact) mass is 327 g/mol. The van der Waals surface area contributed by atoms with Crippen LogP contribution in [0, 0.1) is 6.92 Å². The van der Waals surface area contributed by atoms with Gasteiger partial charge in [0, 0.05) is 11.1 Å². The second-order valence-electron chi connectivity index (χ2n) is 4.89. The number of carbonyl (C=O) groups excluding carboxylic acids is 1. The lowest BCUT2D eigenvalue weighted by atomic mass is 10.3. The van der Waals surface area contributed by atoms with Crippen LogP contribution in [0.25, 0.3) is 5.69 Å². The van der Waals surface area contributed by atoms with Gasteiger partial charge in [0.05, 0.1) is 11.4 Å². The molecular formula is C17H14ClN3O2. The summed E-state index contributed by atoms with van der Waals surface area (Å²) in [4.78, 5) is 12.0. The molecule has 3 aromatic rings. The van der Waals surface area contributed by atoms with Crippen LogP contribution in [-0.4, -0.2) is 15.9 Å². The Balaban J connectivity index is 1.80. The number of amides is 1. The van der Waals surface area contributed by atoms with Gasteiger partial charge in [-0.25, -0.2) is 9.48 Å². The van der Waals surface area contributed by atoms with Gasteiger partial charge in [-0.1, -0.05) is 29.8 Å². The van der Waals surface area contributed by atoms with Crippen molar-refractivity contribution in [3.05, 3.63) is 71.4 Å². The summed E-state index contributed by atoms with van der Waals surface area (Å²) >= 11 is 5.90. The lowest BCUT2D eigenvalue weighted by molar-refractivity contribution is 0.215. The first-order valence-electron chi connectivity index (χ1n) is 6.98. The number of nitrogens with zero attached hydrogens (tertiary/aromatic N) is 2. The number of anilines is 1. The zero-order valence-corrected chi connectivity index (χ0v) is 13.1. The molecule has 0 bridgehead atoms. The van der Waals surface area contributed by atoms with E-state index in [0.717, 1.165) is 11.4 Å². The number of carbonyl (C=O) groups is 1. The third kappa shape index (κ3) is 3.70. The van der Waals surface area contributed by atoms with Gasteiger partial charge in [0.2, 0.25) is 0 Å². The molecule has 0 saturated heterocycles. The first-order chi connectivity index (χ1) is 11.1. The molecule has 23 heavy (non-hydrogen) atoms. The van der Waals surface area contributed by atoms with Gasteiger partial charge in [0.25, 0.3) is 0 Å². The van der Waals surface area contributed by atoms with E-state index in [1.807, 2.05) is 25.1 Å². The summed E-state index contributed by atoms with van der Waals surface area (Å²) in [7, 11) is 0. The molecule has 1 aromatic heterocycles. The molecule has 116 valence electrons. The average Bonchev–Trinajstić information content (AvgIpc) is 2.89. The molecule has 0 unspecified atom stereocenters. The van der Waals surface area contributed by atoms with Gasteiger partial charge in [-0.05, 0) is 43.3 Å². The van der Waals surface area contributed by atoms with Crippen LogP contribution in [0.4, 0.5) is 10.6 Å². The maximum Gasteiger partial charge on any atom is 0.418 e. The lowest BCUT2D eigenvalue weighted by Gasteiger charge is -2.09. The fraction of sp³-hybridized carbons (Fsp3) is 0.0588. The Labute approximate surface area is 138 Å². The summed E-state index contributed by atoms with van der Waals surface area (Å²) in [6.45, 7) is 1.85. The molecule has 0 atom stereocenters. The van der Waals surface area contributed by atoms with Crippen molar-refractivity contribution in [2.75, 3.05) is 5.32 Å². The Morgan fingerprint density at radius 2 is 1.83 bits per heavy atom. The number of halogens is 1. The summed E-state index contributed by atoms with van der Waals surface area (Å²) in [6, 6.07) is 17.8. The maximum absolute atomic E-state index is 12.0. The first-order valence-corrected chi connectivity index (χ1v) is 7.36. The summed E-state index contributed by atoms with van der Waals surface area (Å²) in [6.07, 6.45) is -0.577. The van der Waals surface area contributed by atoms with Crippen LogP contribution in [-0.2, 0) is 0 Å². The molecular weight excluding hydrogens is 314 g/mol. The molecule has 1 N–H and O–H groups in total. The van der Waals surface area contributed by atoms with Crippen molar-refractivity contribution in [2.45, 2.75) is 6.92 Å². The van der Waals surface area contributed by atoms with Crippen molar-refractivity contribution in [3.63, 3.8) is 0 Å². The van der Waals surface area contributed by atoms with Crippen LogP contribution in [0.3, 0.4) is 0 Å². The highest BCUT2D eigenvalue weighted by Gasteiger charge is 2.12. The van der Waals surface area contributed by atoms with Crippen LogP contribution < -0.4 is 10.1 Å². The Bertz CT molecular complexity index is 814. The van der Waals surface area contributed by atoms with Crippen LogP contribution >= 0.6 is 11.6 Å². The Morgan fingerprint density at radius 3 is 2.52 bits per heavy atom. The molecule has 0 fully saturated rings. The summed E-state index contributed by atoms with van der Waals surface area (Å²) in [5.74, 6) is 0.991. The van der Waals surface area contributed by atoms with E-state index in [9.17, 15) is 4.79 Å². The van der Waals surface area contributed by atoms with Crippen LogP contribution in [0.15, 0.2) is 60.7 Å². The topological polar surface area (TPSA) is 56.1 Å². The van der Waals surface area contributed by atoms with Crippen LogP contribution in [0.5, 0.6) is 5.75 Å². The van der Waals surface area contributed by atoms with Crippen molar-refractivity contribution in [1.29, 1.82) is 0 Å². The Hall–Kier alpha value is -2.79. The zero-order valence-electron chi connectivity index (χ0n) is 12.4. The number of para-hydroxylation sites is 1. The molecule has 0 saturated carbocycles. The van der Waals surface area contributed by atoms with E-state index in [2.05, 4.69) is 10.4 Å². The van der Waals surface area contributed by atoms with Crippen molar-refractivity contribution in [3.8, 4) is 11.4 Å². The van der Waals surface area contributed by atoms with E-state index >= 15 is 0 Å². The van der Waals surface area contributed by atoms with Gasteiger partial charge < -0.3 is 4.74 Å². The minimum atomic E-state index is -0.577. The van der Waals surface area contributed by atoms with E-state index in [1.165, 1.54) is 0 Å². The molecule has 0 aliphatic carbocycles. The molecule has 0 aliphatic rings. The van der Waals surface area contributed by atoms with Gasteiger partial charge >= 0.3 is 6.09 Å². The van der Waals surface area contributed by atoms with Gasteiger partial charge in [-0.3, -0.25) is 5.32 Å². The smallest absolute Gasteiger partial charge is 0.410 e. The molecule has 0 aliphatic heterocycles. The minimum Gasteiger partial charge on any atom is -0.410 e. The standard InChI is InChI=1S/C17H14ClN3O2/c1-12-11-16(19-17(22)23-15-5-3-2-4-6-15)21(20-12)14-9-7-13(18)8-10-14/h2-11H,1H3,(H,19,22). The van der Waals surface area contributed by atoms with E-state index < -0.39 is 6.09 Å². The molecule has 5 nitrogen and oxygen atoms in total. The number of ether oxygens (including phenoxy) is 1. The van der Waals surface area contributed by atoms with Gasteiger partial charge in [-0.2, -0.15) is 5.10 Å². The Kier molecular flexibility index (Phi) is 4.30. The zero-order chi connectivity index (χ0) is 16.2. The van der Waals surface area contributed by atoms with Crippen LogP contribution in [0.2, 0.25) is 5.02 Å². The van der Waals surface area contributed by atoms with Crippen molar-refractivity contribution >= 4 is 23.5 Å². The number of benzene rings is 2. The number of aromatic nitrogens is 2. The highest BCUT2D eigenvalue weighted by molar-refractivity contribution is 6.30. The molecule has 6 heteroatoms.